The van der Waals surface area contributed by atoms with Crippen molar-refractivity contribution in [1.29, 1.82) is 0 Å². The topological polar surface area (TPSA) is 86.5 Å². The van der Waals surface area contributed by atoms with Gasteiger partial charge in [0.05, 0.1) is 29.4 Å². The number of nitrogens with one attached hydrogen (secondary N) is 1. The highest BCUT2D eigenvalue weighted by Gasteiger charge is 2.52. The van der Waals surface area contributed by atoms with Crippen LogP contribution in [0, 0.1) is 23.7 Å². The predicted octanol–water partition coefficient (Wildman–Crippen LogP) is 3.07. The summed E-state index contributed by atoms with van der Waals surface area (Å²) in [6, 6.07) is 0.176. The van der Waals surface area contributed by atoms with Crippen molar-refractivity contribution in [3.05, 3.63) is 0 Å². The Bertz CT molecular complexity index is 809. The number of carbonyl (C=O) groups is 1. The van der Waals surface area contributed by atoms with Crippen LogP contribution in [0.25, 0.3) is 0 Å². The molecule has 4 unspecified atom stereocenters. The van der Waals surface area contributed by atoms with Crippen molar-refractivity contribution >= 4 is 28.7 Å². The molecule has 0 radical (unpaired) electrons. The van der Waals surface area contributed by atoms with Gasteiger partial charge in [0, 0.05) is 19.1 Å². The highest BCUT2D eigenvalue weighted by Crippen LogP contribution is 2.54. The van der Waals surface area contributed by atoms with Gasteiger partial charge in [0.1, 0.15) is 5.92 Å². The standard InChI is InChI=1S/C25H40N4O3S/c1-4-7-33-23-20(12-26-24(28-23)29-13-15(2)32-16(3)14-29)22(30)27-21-9-17-5-6-25(31)10-18(17)8-19(21)11-25/h15-21,31H,4-14H2,1-3H3,(H,27,30)/t15-,16+,17?,18?,19?,20?,21-,25-/m1/s1. The molecule has 1 amide bonds. The number of guanidine groups is 1. The number of hydrogen-bond acceptors (Lipinski definition) is 7. The SMILES string of the molecule is CCCSC1=NC(N2C[C@@H](C)O[C@@H](C)C2)=NCC1C(=O)N[C@@H]1CC2CC[C@@]3(O)CC2CC1C3. The first-order valence-corrected chi connectivity index (χ1v) is 14.0. The van der Waals surface area contributed by atoms with Gasteiger partial charge in [-0.3, -0.25) is 4.79 Å². The van der Waals surface area contributed by atoms with Crippen molar-refractivity contribution < 1.29 is 14.6 Å². The van der Waals surface area contributed by atoms with Gasteiger partial charge < -0.3 is 20.1 Å². The van der Waals surface area contributed by atoms with Crippen LogP contribution in [0.1, 0.15) is 65.7 Å². The van der Waals surface area contributed by atoms with E-state index in [1.807, 2.05) is 0 Å². The van der Waals surface area contributed by atoms with Crippen LogP contribution in [0.4, 0.5) is 0 Å². The zero-order valence-corrected chi connectivity index (χ0v) is 21.1. The monoisotopic (exact) mass is 476 g/mol. The fourth-order valence-corrected chi connectivity index (χ4v) is 7.92. The van der Waals surface area contributed by atoms with Gasteiger partial charge in [-0.2, -0.15) is 0 Å². The zero-order valence-electron chi connectivity index (χ0n) is 20.3. The lowest BCUT2D eigenvalue weighted by Gasteiger charge is -2.55. The van der Waals surface area contributed by atoms with Crippen LogP contribution in [-0.2, 0) is 9.53 Å². The molecule has 3 aliphatic carbocycles. The molecule has 2 aliphatic heterocycles. The second kappa shape index (κ2) is 9.50. The summed E-state index contributed by atoms with van der Waals surface area (Å²) in [7, 11) is 0. The summed E-state index contributed by atoms with van der Waals surface area (Å²) in [4.78, 5) is 25.4. The predicted molar refractivity (Wildman–Crippen MR) is 133 cm³/mol. The number of aliphatic hydroxyl groups is 1. The van der Waals surface area contributed by atoms with E-state index in [1.165, 1.54) is 0 Å². The van der Waals surface area contributed by atoms with E-state index in [0.29, 0.717) is 24.3 Å². The van der Waals surface area contributed by atoms with Gasteiger partial charge in [-0.05, 0) is 82.3 Å². The molecular weight excluding hydrogens is 436 g/mol. The Morgan fingerprint density at radius 2 is 1.97 bits per heavy atom. The van der Waals surface area contributed by atoms with Crippen molar-refractivity contribution in [1.82, 2.24) is 10.2 Å². The molecule has 3 bridgehead atoms. The number of nitrogens with zero attached hydrogens (tertiary/aromatic N) is 3. The Morgan fingerprint density at radius 1 is 1.21 bits per heavy atom. The number of ether oxygens (including phenoxy) is 1. The van der Waals surface area contributed by atoms with E-state index in [2.05, 4.69) is 31.0 Å². The van der Waals surface area contributed by atoms with Gasteiger partial charge in [-0.1, -0.05) is 6.92 Å². The maximum Gasteiger partial charge on any atom is 0.231 e. The van der Waals surface area contributed by atoms with E-state index < -0.39 is 5.60 Å². The summed E-state index contributed by atoms with van der Waals surface area (Å²) >= 11 is 1.71. The number of fused-ring (bicyclic) bond motifs is 2. The maximum absolute atomic E-state index is 13.5. The number of amides is 1. The third kappa shape index (κ3) is 4.98. The average Bonchev–Trinajstić information content (AvgIpc) is 2.77. The summed E-state index contributed by atoms with van der Waals surface area (Å²) in [6.07, 6.45) is 7.42. The molecule has 184 valence electrons. The van der Waals surface area contributed by atoms with E-state index in [4.69, 9.17) is 14.7 Å². The molecule has 2 N–H and O–H groups in total. The Hall–Kier alpha value is -1.12. The van der Waals surface area contributed by atoms with Crippen LogP contribution >= 0.6 is 11.8 Å². The molecule has 5 aliphatic rings. The average molecular weight is 477 g/mol. The molecule has 33 heavy (non-hydrogen) atoms. The van der Waals surface area contributed by atoms with E-state index in [9.17, 15) is 9.90 Å². The fourth-order valence-electron chi connectivity index (χ4n) is 6.97. The molecule has 7 nitrogen and oxygen atoms in total. The molecule has 8 atom stereocenters. The third-order valence-corrected chi connectivity index (χ3v) is 9.67. The van der Waals surface area contributed by atoms with Crippen LogP contribution in [0.15, 0.2) is 9.98 Å². The van der Waals surface area contributed by atoms with Gasteiger partial charge in [-0.15, -0.1) is 11.8 Å². The zero-order chi connectivity index (χ0) is 23.2. The van der Waals surface area contributed by atoms with Crippen molar-refractivity contribution in [3.63, 3.8) is 0 Å². The second-order valence-electron chi connectivity index (χ2n) is 11.2. The number of morpholine rings is 1. The van der Waals surface area contributed by atoms with Crippen molar-refractivity contribution in [2.75, 3.05) is 25.4 Å². The molecule has 4 fully saturated rings. The molecule has 2 heterocycles. The minimum absolute atomic E-state index is 0.0701. The molecular formula is C25H40N4O3S. The Kier molecular flexibility index (Phi) is 6.80. The number of thioether (sulfide) groups is 1. The summed E-state index contributed by atoms with van der Waals surface area (Å²) in [5.41, 5.74) is -0.493. The number of aliphatic imine (C=N–C) groups is 2. The van der Waals surface area contributed by atoms with E-state index in [0.717, 1.165) is 74.8 Å². The van der Waals surface area contributed by atoms with Crippen LogP contribution in [0.2, 0.25) is 0 Å². The van der Waals surface area contributed by atoms with Gasteiger partial charge in [0.2, 0.25) is 11.9 Å². The molecule has 5 rings (SSSR count). The normalized spacial score (nSPS) is 42.5. The minimum Gasteiger partial charge on any atom is -0.390 e. The Balaban J connectivity index is 1.28. The first-order valence-electron chi connectivity index (χ1n) is 13.0. The molecule has 3 saturated carbocycles. The van der Waals surface area contributed by atoms with Crippen LogP contribution in [0.3, 0.4) is 0 Å². The van der Waals surface area contributed by atoms with E-state index in [-0.39, 0.29) is 30.1 Å². The van der Waals surface area contributed by atoms with Gasteiger partial charge in [0.15, 0.2) is 0 Å². The lowest BCUT2D eigenvalue weighted by Crippen LogP contribution is -2.57. The van der Waals surface area contributed by atoms with Crippen molar-refractivity contribution in [3.8, 4) is 0 Å². The van der Waals surface area contributed by atoms with Gasteiger partial charge in [-0.25, -0.2) is 9.98 Å². The second-order valence-corrected chi connectivity index (χ2v) is 12.3. The number of hydrogen-bond donors (Lipinski definition) is 2. The maximum atomic E-state index is 13.5. The molecule has 0 aromatic rings. The Labute approximate surface area is 202 Å². The summed E-state index contributed by atoms with van der Waals surface area (Å²) in [5, 5.41) is 15.3. The first-order chi connectivity index (χ1) is 15.8. The molecule has 0 aromatic heterocycles. The highest BCUT2D eigenvalue weighted by atomic mass is 32.2. The van der Waals surface area contributed by atoms with Crippen LogP contribution in [-0.4, -0.2) is 76.2 Å². The molecule has 1 saturated heterocycles. The summed E-state index contributed by atoms with van der Waals surface area (Å²) < 4.78 is 5.87. The summed E-state index contributed by atoms with van der Waals surface area (Å²) in [5.74, 6) is 3.17. The van der Waals surface area contributed by atoms with Crippen molar-refractivity contribution in [2.45, 2.75) is 89.6 Å². The van der Waals surface area contributed by atoms with E-state index >= 15 is 0 Å². The van der Waals surface area contributed by atoms with Crippen LogP contribution < -0.4 is 5.32 Å². The first kappa shape index (κ1) is 23.6. The molecule has 8 heteroatoms. The smallest absolute Gasteiger partial charge is 0.231 e. The van der Waals surface area contributed by atoms with Gasteiger partial charge in [0.25, 0.3) is 0 Å². The molecule has 0 spiro atoms. The molecule has 0 aromatic carbocycles. The summed E-state index contributed by atoms with van der Waals surface area (Å²) in [6.45, 7) is 8.36. The number of carbonyl (C=O) groups excluding carboxylic acids is 1. The quantitative estimate of drug-likeness (QED) is 0.651. The third-order valence-electron chi connectivity index (χ3n) is 8.39. The lowest BCUT2D eigenvalue weighted by atomic mass is 9.54. The fraction of sp³-hybridized carbons (Fsp3) is 0.880. The van der Waals surface area contributed by atoms with Crippen molar-refractivity contribution in [2.24, 2.45) is 33.7 Å². The van der Waals surface area contributed by atoms with Crippen LogP contribution in [0.5, 0.6) is 0 Å². The lowest BCUT2D eigenvalue weighted by molar-refractivity contribution is -0.132. The number of rotatable bonds is 4. The minimum atomic E-state index is -0.493. The van der Waals surface area contributed by atoms with E-state index in [1.54, 1.807) is 11.8 Å². The Morgan fingerprint density at radius 3 is 2.73 bits per heavy atom. The largest absolute Gasteiger partial charge is 0.390 e. The van der Waals surface area contributed by atoms with Gasteiger partial charge >= 0.3 is 0 Å². The highest BCUT2D eigenvalue weighted by molar-refractivity contribution is 8.14.